The topological polar surface area (TPSA) is 307 Å². The lowest BCUT2D eigenvalue weighted by Gasteiger charge is -2.54. The van der Waals surface area contributed by atoms with Gasteiger partial charge in [-0.2, -0.15) is 0 Å². The van der Waals surface area contributed by atoms with Crippen LogP contribution in [0.1, 0.15) is 47.5 Å². The average Bonchev–Trinajstić information content (AvgIpc) is 3.16. The Bertz CT molecular complexity index is 1120. The molecule has 0 aromatic rings. The van der Waals surface area contributed by atoms with Crippen molar-refractivity contribution in [2.45, 2.75) is 157 Å². The van der Waals surface area contributed by atoms with Gasteiger partial charge in [0.2, 0.25) is 0 Å². The highest BCUT2D eigenvalue weighted by Crippen LogP contribution is 2.47. The highest BCUT2D eigenvalue weighted by Gasteiger charge is 2.55. The second-order valence-electron chi connectivity index (χ2n) is 16.5. The van der Waals surface area contributed by atoms with Crippen LogP contribution in [0, 0.1) is 35.5 Å². The van der Waals surface area contributed by atoms with Crippen LogP contribution in [0.4, 0.5) is 0 Å². The van der Waals surface area contributed by atoms with Crippen molar-refractivity contribution in [3.8, 4) is 0 Å². The van der Waals surface area contributed by atoms with Gasteiger partial charge in [-0.25, -0.2) is 0 Å². The summed E-state index contributed by atoms with van der Waals surface area (Å²) in [5, 5.41) is 137. The van der Waals surface area contributed by atoms with E-state index in [1.807, 2.05) is 13.8 Å². The van der Waals surface area contributed by atoms with Crippen molar-refractivity contribution in [3.63, 3.8) is 0 Å². The largest absolute Gasteiger partial charge is 0.394 e. The van der Waals surface area contributed by atoms with Gasteiger partial charge in [-0.1, -0.05) is 13.8 Å². The summed E-state index contributed by atoms with van der Waals surface area (Å²) in [6.45, 7) is 7.12. The van der Waals surface area contributed by atoms with Gasteiger partial charge in [0.05, 0.1) is 74.6 Å². The van der Waals surface area contributed by atoms with Gasteiger partial charge < -0.3 is 91.4 Å². The number of ether oxygens (including phenoxy) is 3. The Labute approximate surface area is 324 Å². The number of aliphatic hydroxyl groups excluding tert-OH is 12. The summed E-state index contributed by atoms with van der Waals surface area (Å²) in [6.07, 6.45) is -17.3. The molecule has 326 valence electrons. The summed E-state index contributed by atoms with van der Waals surface area (Å²) in [6, 6.07) is -2.60. The Morgan fingerprint density at radius 1 is 0.509 bits per heavy atom. The lowest BCUT2D eigenvalue weighted by atomic mass is 9.61. The van der Waals surface area contributed by atoms with Gasteiger partial charge in [0, 0.05) is 17.8 Å². The molecule has 3 fully saturated rings. The van der Waals surface area contributed by atoms with Gasteiger partial charge in [-0.15, -0.1) is 0 Å². The minimum atomic E-state index is -1.54. The maximum Gasteiger partial charge on any atom is 0.110 e. The Balaban J connectivity index is 2.10. The zero-order chi connectivity index (χ0) is 41.6. The summed E-state index contributed by atoms with van der Waals surface area (Å²) >= 11 is 0. The molecule has 3 aliphatic heterocycles. The van der Waals surface area contributed by atoms with Crippen LogP contribution in [0.25, 0.3) is 0 Å². The summed E-state index contributed by atoms with van der Waals surface area (Å²) in [5.41, 5.74) is 0. The molecule has 3 aliphatic rings. The SMILES string of the molecule is CNC1C(O)C(CC(C(C)C)C(CC2C(C)OC(C(O)C(O)CO)C(NC)C2O)C2C(C)OC(C(O)C(O)CO)C(NC)C2O)C(C)OC1C(O)C(O)CO. The predicted octanol–water partition coefficient (Wildman–Crippen LogP) is -5.15. The molecule has 0 radical (unpaired) electrons. The van der Waals surface area contributed by atoms with Crippen LogP contribution in [-0.4, -0.2) is 212 Å². The summed E-state index contributed by atoms with van der Waals surface area (Å²) < 4.78 is 18.9. The smallest absolute Gasteiger partial charge is 0.110 e. The number of nitrogens with one attached hydrogen (secondary N) is 3. The molecular weight excluding hydrogens is 726 g/mol. The zero-order valence-corrected chi connectivity index (χ0v) is 33.5. The molecule has 0 bridgehead atoms. The molecule has 55 heavy (non-hydrogen) atoms. The second-order valence-corrected chi connectivity index (χ2v) is 16.5. The van der Waals surface area contributed by atoms with Gasteiger partial charge >= 0.3 is 0 Å². The van der Waals surface area contributed by atoms with Gasteiger partial charge in [-0.05, 0) is 72.5 Å². The van der Waals surface area contributed by atoms with Crippen molar-refractivity contribution in [1.82, 2.24) is 16.0 Å². The van der Waals surface area contributed by atoms with Gasteiger partial charge in [-0.3, -0.25) is 0 Å². The molecule has 0 aromatic heterocycles. The fourth-order valence-electron chi connectivity index (χ4n) is 9.79. The van der Waals surface area contributed by atoms with Crippen LogP contribution in [-0.2, 0) is 14.2 Å². The van der Waals surface area contributed by atoms with E-state index in [0.717, 1.165) is 0 Å². The second kappa shape index (κ2) is 21.5. The normalized spacial score (nSPS) is 41.9. The van der Waals surface area contributed by atoms with Crippen molar-refractivity contribution in [2.24, 2.45) is 35.5 Å². The van der Waals surface area contributed by atoms with Crippen molar-refractivity contribution in [1.29, 1.82) is 0 Å². The van der Waals surface area contributed by atoms with E-state index in [0.29, 0.717) is 6.42 Å². The Kier molecular flexibility index (Phi) is 19.0. The van der Waals surface area contributed by atoms with E-state index in [2.05, 4.69) is 16.0 Å². The van der Waals surface area contributed by atoms with E-state index >= 15 is 0 Å². The summed E-state index contributed by atoms with van der Waals surface area (Å²) in [4.78, 5) is 0. The molecule has 3 heterocycles. The maximum atomic E-state index is 12.3. The molecule has 23 unspecified atom stereocenters. The van der Waals surface area contributed by atoms with E-state index in [1.165, 1.54) is 0 Å². The average molecular weight is 800 g/mol. The molecule has 15 N–H and O–H groups in total. The highest BCUT2D eigenvalue weighted by atomic mass is 16.5. The molecule has 23 atom stereocenters. The Morgan fingerprint density at radius 2 is 0.836 bits per heavy atom. The number of likely N-dealkylation sites (N-methyl/N-ethyl adjacent to an activating group) is 3. The summed E-state index contributed by atoms with van der Waals surface area (Å²) in [7, 11) is 4.77. The van der Waals surface area contributed by atoms with E-state index in [9.17, 15) is 61.3 Å². The number of aliphatic hydroxyl groups is 12. The van der Waals surface area contributed by atoms with Crippen molar-refractivity contribution in [3.05, 3.63) is 0 Å². The van der Waals surface area contributed by atoms with E-state index in [1.54, 1.807) is 41.9 Å². The molecule has 3 saturated heterocycles. The first kappa shape index (κ1) is 48.6. The molecule has 0 amide bonds. The standard InChI is InChI=1S/C37H73N3O15/c1-14(2)18(9-19-15(3)53-35(26(38-6)29(19)47)31(49)22(44)11-41)21(25-17(5)55-37(28(40-8)34(25)52)33(51)24(46)13-43)10-20-16(4)54-36(27(39-7)30(20)48)32(50)23(45)12-42/h14-52H,9-13H2,1-8H3. The molecule has 0 aromatic carbocycles. The first-order valence-electron chi connectivity index (χ1n) is 19.8. The van der Waals surface area contributed by atoms with E-state index in [4.69, 9.17) is 14.2 Å². The fourth-order valence-corrected chi connectivity index (χ4v) is 9.79. The summed E-state index contributed by atoms with van der Waals surface area (Å²) in [5.74, 6) is -2.72. The molecule has 0 saturated carbocycles. The molecule has 0 aliphatic carbocycles. The molecular formula is C37H73N3O15. The van der Waals surface area contributed by atoms with Crippen LogP contribution in [0.5, 0.6) is 0 Å². The molecule has 18 heteroatoms. The number of hydrogen-bond donors (Lipinski definition) is 15. The molecule has 3 rings (SSSR count). The predicted molar refractivity (Wildman–Crippen MR) is 198 cm³/mol. The van der Waals surface area contributed by atoms with Crippen LogP contribution in [0.3, 0.4) is 0 Å². The maximum absolute atomic E-state index is 12.3. The number of hydrogen-bond acceptors (Lipinski definition) is 18. The zero-order valence-electron chi connectivity index (χ0n) is 33.5. The van der Waals surface area contributed by atoms with E-state index in [-0.39, 0.29) is 18.3 Å². The van der Waals surface area contributed by atoms with Crippen LogP contribution < -0.4 is 16.0 Å². The van der Waals surface area contributed by atoms with Crippen molar-refractivity contribution in [2.75, 3.05) is 41.0 Å². The van der Waals surface area contributed by atoms with Crippen LogP contribution in [0.2, 0.25) is 0 Å². The van der Waals surface area contributed by atoms with Crippen LogP contribution >= 0.6 is 0 Å². The van der Waals surface area contributed by atoms with Gasteiger partial charge in [0.15, 0.2) is 0 Å². The lowest BCUT2D eigenvalue weighted by molar-refractivity contribution is -0.226. The van der Waals surface area contributed by atoms with Gasteiger partial charge in [0.1, 0.15) is 54.9 Å². The fraction of sp³-hybridized carbons (Fsp3) is 1.00. The molecule has 0 spiro atoms. The lowest BCUT2D eigenvalue weighted by Crippen LogP contribution is -2.67. The molecule has 18 nitrogen and oxygen atoms in total. The monoisotopic (exact) mass is 800 g/mol. The minimum absolute atomic E-state index is 0.102. The van der Waals surface area contributed by atoms with Gasteiger partial charge in [0.25, 0.3) is 0 Å². The first-order valence-corrected chi connectivity index (χ1v) is 19.8. The van der Waals surface area contributed by atoms with Crippen molar-refractivity contribution < 1.29 is 75.5 Å². The third kappa shape index (κ3) is 10.5. The minimum Gasteiger partial charge on any atom is -0.394 e. The third-order valence-corrected chi connectivity index (χ3v) is 13.0. The van der Waals surface area contributed by atoms with Crippen molar-refractivity contribution >= 4 is 0 Å². The highest BCUT2D eigenvalue weighted by molar-refractivity contribution is 5.06. The van der Waals surface area contributed by atoms with Crippen LogP contribution in [0.15, 0.2) is 0 Å². The quantitative estimate of drug-likeness (QED) is 0.0581. The third-order valence-electron chi connectivity index (χ3n) is 13.0. The van der Waals surface area contributed by atoms with E-state index < -0.39 is 153 Å². The first-order chi connectivity index (χ1) is 25.9. The number of rotatable bonds is 19. The Hall–Kier alpha value is -0.720. The Morgan fingerprint density at radius 3 is 1.16 bits per heavy atom.